The summed E-state index contributed by atoms with van der Waals surface area (Å²) in [6.07, 6.45) is 0.578. The summed E-state index contributed by atoms with van der Waals surface area (Å²) in [4.78, 5) is 37.4. The van der Waals surface area contributed by atoms with E-state index in [2.05, 4.69) is 16.0 Å². The minimum Gasteiger partial charge on any atom is -0.508 e. The Morgan fingerprint density at radius 1 is 0.824 bits per heavy atom. The second-order valence-electron chi connectivity index (χ2n) is 7.63. The van der Waals surface area contributed by atoms with Crippen molar-refractivity contribution in [3.8, 4) is 5.75 Å². The first-order valence-corrected chi connectivity index (χ1v) is 11.3. The molecule has 0 bridgehead atoms. The number of phenolic OH excluding ortho intramolecular Hbond substituents is 1. The highest BCUT2D eigenvalue weighted by atomic mass is 35.5. The van der Waals surface area contributed by atoms with E-state index < -0.39 is 6.04 Å². The maximum Gasteiger partial charge on any atom is 0.253 e. The van der Waals surface area contributed by atoms with E-state index in [1.165, 1.54) is 12.1 Å². The van der Waals surface area contributed by atoms with Crippen LogP contribution >= 0.6 is 11.6 Å². The average molecular weight is 480 g/mol. The first-order chi connectivity index (χ1) is 16.4. The summed E-state index contributed by atoms with van der Waals surface area (Å²) in [5.74, 6) is -0.863. The number of amides is 3. The molecular weight excluding hydrogens is 454 g/mol. The third-order valence-corrected chi connectivity index (χ3v) is 5.41. The van der Waals surface area contributed by atoms with E-state index in [0.717, 1.165) is 5.56 Å². The summed E-state index contributed by atoms with van der Waals surface area (Å²) in [5, 5.41) is 18.3. The van der Waals surface area contributed by atoms with Crippen LogP contribution in [-0.2, 0) is 4.79 Å². The van der Waals surface area contributed by atoms with Crippen molar-refractivity contribution >= 4 is 29.3 Å². The van der Waals surface area contributed by atoms with Gasteiger partial charge in [-0.05, 0) is 42.3 Å². The van der Waals surface area contributed by atoms with Crippen molar-refractivity contribution < 1.29 is 19.5 Å². The number of hydrogen-bond acceptors (Lipinski definition) is 4. The summed E-state index contributed by atoms with van der Waals surface area (Å²) in [7, 11) is 0. The minimum absolute atomic E-state index is 0.0227. The van der Waals surface area contributed by atoms with E-state index in [1.54, 1.807) is 36.4 Å². The molecule has 0 radical (unpaired) electrons. The molecule has 0 spiro atoms. The van der Waals surface area contributed by atoms with Crippen molar-refractivity contribution in [3.63, 3.8) is 0 Å². The van der Waals surface area contributed by atoms with E-state index >= 15 is 0 Å². The molecule has 0 fully saturated rings. The van der Waals surface area contributed by atoms with Gasteiger partial charge in [-0.25, -0.2) is 0 Å². The van der Waals surface area contributed by atoms with Gasteiger partial charge in [0.15, 0.2) is 0 Å². The molecule has 1 unspecified atom stereocenters. The number of phenols is 1. The SMILES string of the molecule is O=C(CC(NC(=O)c1ccccc1Cl)c1ccccc1)NCCCNC(=O)c1cccc(O)c1. The fourth-order valence-corrected chi connectivity index (χ4v) is 3.57. The Labute approximate surface area is 203 Å². The van der Waals surface area contributed by atoms with Crippen LogP contribution in [0.4, 0.5) is 0 Å². The van der Waals surface area contributed by atoms with Crippen LogP contribution in [0.5, 0.6) is 5.75 Å². The van der Waals surface area contributed by atoms with Crippen molar-refractivity contribution in [3.05, 3.63) is 101 Å². The Morgan fingerprint density at radius 3 is 2.26 bits per heavy atom. The maximum absolute atomic E-state index is 12.7. The molecule has 7 nitrogen and oxygen atoms in total. The van der Waals surface area contributed by atoms with E-state index in [-0.39, 0.29) is 29.9 Å². The molecule has 8 heteroatoms. The number of benzene rings is 3. The number of hydrogen-bond donors (Lipinski definition) is 4. The Kier molecular flexibility index (Phi) is 9.05. The summed E-state index contributed by atoms with van der Waals surface area (Å²) < 4.78 is 0. The summed E-state index contributed by atoms with van der Waals surface area (Å²) >= 11 is 6.14. The predicted molar refractivity (Wildman–Crippen MR) is 131 cm³/mol. The standard InChI is InChI=1S/C26H26ClN3O4/c27-22-13-5-4-12-21(22)26(34)30-23(18-8-2-1-3-9-18)17-24(32)28-14-7-15-29-25(33)19-10-6-11-20(31)16-19/h1-6,8-13,16,23,31H,7,14-15,17H2,(H,28,32)(H,29,33)(H,30,34). The molecule has 0 aromatic heterocycles. The highest BCUT2D eigenvalue weighted by molar-refractivity contribution is 6.33. The normalized spacial score (nSPS) is 11.3. The molecule has 34 heavy (non-hydrogen) atoms. The maximum atomic E-state index is 12.7. The largest absolute Gasteiger partial charge is 0.508 e. The summed E-state index contributed by atoms with van der Waals surface area (Å²) in [6, 6.07) is 21.5. The van der Waals surface area contributed by atoms with Crippen LogP contribution in [0.15, 0.2) is 78.9 Å². The molecule has 3 rings (SSSR count). The number of nitrogens with one attached hydrogen (secondary N) is 3. The highest BCUT2D eigenvalue weighted by Gasteiger charge is 2.20. The van der Waals surface area contributed by atoms with Gasteiger partial charge in [-0.3, -0.25) is 14.4 Å². The van der Waals surface area contributed by atoms with Gasteiger partial charge in [-0.15, -0.1) is 0 Å². The smallest absolute Gasteiger partial charge is 0.253 e. The lowest BCUT2D eigenvalue weighted by atomic mass is 10.0. The first-order valence-electron chi connectivity index (χ1n) is 10.9. The second-order valence-corrected chi connectivity index (χ2v) is 8.04. The Hall–Kier alpha value is -3.84. The topological polar surface area (TPSA) is 108 Å². The average Bonchev–Trinajstić information content (AvgIpc) is 2.84. The van der Waals surface area contributed by atoms with Crippen LogP contribution in [0.25, 0.3) is 0 Å². The molecule has 3 aromatic carbocycles. The van der Waals surface area contributed by atoms with Gasteiger partial charge in [-0.2, -0.15) is 0 Å². The Balaban J connectivity index is 1.50. The molecule has 0 aliphatic heterocycles. The fourth-order valence-electron chi connectivity index (χ4n) is 3.34. The molecule has 3 amide bonds. The molecular formula is C26H26ClN3O4. The first kappa shape index (κ1) is 24.8. The Morgan fingerprint density at radius 2 is 1.53 bits per heavy atom. The molecule has 3 aromatic rings. The number of rotatable bonds is 10. The van der Waals surface area contributed by atoms with Crippen molar-refractivity contribution in [2.24, 2.45) is 0 Å². The zero-order valence-corrected chi connectivity index (χ0v) is 19.2. The zero-order chi connectivity index (χ0) is 24.3. The lowest BCUT2D eigenvalue weighted by Gasteiger charge is -2.19. The molecule has 0 aliphatic rings. The minimum atomic E-state index is -0.532. The second kappa shape index (κ2) is 12.4. The summed E-state index contributed by atoms with van der Waals surface area (Å²) in [6.45, 7) is 0.721. The molecule has 0 saturated carbocycles. The van der Waals surface area contributed by atoms with Crippen LogP contribution in [0.2, 0.25) is 5.02 Å². The third kappa shape index (κ3) is 7.35. The van der Waals surface area contributed by atoms with Gasteiger partial charge in [-0.1, -0.05) is 60.1 Å². The van der Waals surface area contributed by atoms with Gasteiger partial charge in [0.1, 0.15) is 5.75 Å². The lowest BCUT2D eigenvalue weighted by molar-refractivity contribution is -0.121. The van der Waals surface area contributed by atoms with Crippen molar-refractivity contribution in [2.45, 2.75) is 18.9 Å². The van der Waals surface area contributed by atoms with Crippen molar-refractivity contribution in [1.29, 1.82) is 0 Å². The molecule has 1 atom stereocenters. The van der Waals surface area contributed by atoms with Crippen molar-refractivity contribution in [2.75, 3.05) is 13.1 Å². The van der Waals surface area contributed by atoms with E-state index in [0.29, 0.717) is 35.7 Å². The summed E-state index contributed by atoms with van der Waals surface area (Å²) in [5.41, 5.74) is 1.51. The number of carbonyl (C=O) groups is 3. The predicted octanol–water partition coefficient (Wildman–Crippen LogP) is 3.84. The van der Waals surface area contributed by atoms with Crippen LogP contribution in [0.1, 0.15) is 45.2 Å². The third-order valence-electron chi connectivity index (χ3n) is 5.08. The molecule has 0 saturated heterocycles. The van der Waals surface area contributed by atoms with E-state index in [1.807, 2.05) is 30.3 Å². The highest BCUT2D eigenvalue weighted by Crippen LogP contribution is 2.20. The van der Waals surface area contributed by atoms with Gasteiger partial charge in [0, 0.05) is 18.7 Å². The monoisotopic (exact) mass is 479 g/mol. The number of carbonyl (C=O) groups excluding carboxylic acids is 3. The fraction of sp³-hybridized carbons (Fsp3) is 0.192. The van der Waals surface area contributed by atoms with Gasteiger partial charge < -0.3 is 21.1 Å². The number of halogens is 1. The molecule has 0 heterocycles. The quantitative estimate of drug-likeness (QED) is 0.331. The zero-order valence-electron chi connectivity index (χ0n) is 18.5. The van der Waals surface area contributed by atoms with E-state index in [4.69, 9.17) is 11.6 Å². The van der Waals surface area contributed by atoms with Gasteiger partial charge in [0.2, 0.25) is 5.91 Å². The van der Waals surface area contributed by atoms with Gasteiger partial charge in [0.05, 0.1) is 23.0 Å². The van der Waals surface area contributed by atoms with Crippen LogP contribution < -0.4 is 16.0 Å². The molecule has 0 aliphatic carbocycles. The van der Waals surface area contributed by atoms with Crippen molar-refractivity contribution in [1.82, 2.24) is 16.0 Å². The molecule has 176 valence electrons. The van der Waals surface area contributed by atoms with Crippen LogP contribution in [0.3, 0.4) is 0 Å². The van der Waals surface area contributed by atoms with Gasteiger partial charge in [0.25, 0.3) is 11.8 Å². The van der Waals surface area contributed by atoms with Crippen LogP contribution in [-0.4, -0.2) is 35.9 Å². The van der Waals surface area contributed by atoms with Crippen LogP contribution in [0, 0.1) is 0 Å². The lowest BCUT2D eigenvalue weighted by Crippen LogP contribution is -2.35. The molecule has 4 N–H and O–H groups in total. The number of aromatic hydroxyl groups is 1. The Bertz CT molecular complexity index is 1140. The van der Waals surface area contributed by atoms with E-state index in [9.17, 15) is 19.5 Å². The van der Waals surface area contributed by atoms with Gasteiger partial charge >= 0.3 is 0 Å².